The standard InChI is InChI=1S/C26H18FN3O/c1-15-14-21-24(16(2)28-15)30(17-8-4-3-5-9-17)26(29-21)19-12-13-20(27)23-18-10-6-7-11-22(18)31-25(19)23/h3-14H,1-2H3. The highest BCUT2D eigenvalue weighted by atomic mass is 19.1. The fraction of sp³-hybridized carbons (Fsp3) is 0.0769. The summed E-state index contributed by atoms with van der Waals surface area (Å²) >= 11 is 0. The van der Waals surface area contributed by atoms with Gasteiger partial charge in [0.25, 0.3) is 0 Å². The Morgan fingerprint density at radius 3 is 2.48 bits per heavy atom. The highest BCUT2D eigenvalue weighted by Crippen LogP contribution is 2.39. The van der Waals surface area contributed by atoms with Gasteiger partial charge in [0.2, 0.25) is 0 Å². The van der Waals surface area contributed by atoms with Gasteiger partial charge in [0.15, 0.2) is 0 Å². The highest BCUT2D eigenvalue weighted by molar-refractivity contribution is 6.09. The van der Waals surface area contributed by atoms with Crippen molar-refractivity contribution in [3.63, 3.8) is 0 Å². The van der Waals surface area contributed by atoms with Crippen LogP contribution in [0.4, 0.5) is 4.39 Å². The second kappa shape index (κ2) is 6.51. The van der Waals surface area contributed by atoms with E-state index in [4.69, 9.17) is 9.40 Å². The Morgan fingerprint density at radius 1 is 0.871 bits per heavy atom. The lowest BCUT2D eigenvalue weighted by Gasteiger charge is -2.11. The number of rotatable bonds is 2. The number of nitrogens with zero attached hydrogens (tertiary/aromatic N) is 3. The number of hydrogen-bond donors (Lipinski definition) is 0. The van der Waals surface area contributed by atoms with E-state index in [1.807, 2.05) is 74.5 Å². The van der Waals surface area contributed by atoms with Crippen LogP contribution in [0.25, 0.3) is 50.0 Å². The van der Waals surface area contributed by atoms with E-state index in [9.17, 15) is 4.39 Å². The zero-order valence-electron chi connectivity index (χ0n) is 17.1. The summed E-state index contributed by atoms with van der Waals surface area (Å²) in [6.07, 6.45) is 0. The first-order valence-electron chi connectivity index (χ1n) is 10.1. The monoisotopic (exact) mass is 407 g/mol. The normalized spacial score (nSPS) is 11.7. The topological polar surface area (TPSA) is 43.9 Å². The molecule has 0 aliphatic carbocycles. The van der Waals surface area contributed by atoms with E-state index in [1.165, 1.54) is 6.07 Å². The summed E-state index contributed by atoms with van der Waals surface area (Å²) in [6.45, 7) is 3.95. The number of benzene rings is 3. The first-order valence-corrected chi connectivity index (χ1v) is 10.1. The van der Waals surface area contributed by atoms with Crippen LogP contribution in [0.1, 0.15) is 11.4 Å². The van der Waals surface area contributed by atoms with Crippen molar-refractivity contribution in [1.29, 1.82) is 0 Å². The molecule has 0 aliphatic heterocycles. The van der Waals surface area contributed by atoms with Gasteiger partial charge in [-0.05, 0) is 50.2 Å². The summed E-state index contributed by atoms with van der Waals surface area (Å²) < 4.78 is 23.1. The Balaban J connectivity index is 1.78. The molecule has 6 aromatic rings. The molecule has 31 heavy (non-hydrogen) atoms. The molecule has 3 aromatic carbocycles. The summed E-state index contributed by atoms with van der Waals surface area (Å²) in [7, 11) is 0. The highest BCUT2D eigenvalue weighted by Gasteiger charge is 2.22. The van der Waals surface area contributed by atoms with E-state index in [2.05, 4.69) is 9.55 Å². The van der Waals surface area contributed by atoms with Crippen molar-refractivity contribution in [3.05, 3.63) is 90.0 Å². The van der Waals surface area contributed by atoms with Gasteiger partial charge in [-0.1, -0.05) is 36.4 Å². The molecule has 0 saturated heterocycles. The minimum absolute atomic E-state index is 0.306. The molecule has 0 aliphatic rings. The maximum Gasteiger partial charge on any atom is 0.149 e. The van der Waals surface area contributed by atoms with Gasteiger partial charge >= 0.3 is 0 Å². The summed E-state index contributed by atoms with van der Waals surface area (Å²) in [5.41, 5.74) is 6.42. The maximum atomic E-state index is 14.9. The van der Waals surface area contributed by atoms with Crippen molar-refractivity contribution >= 4 is 33.0 Å². The van der Waals surface area contributed by atoms with Crippen molar-refractivity contribution in [2.75, 3.05) is 0 Å². The van der Waals surface area contributed by atoms with Gasteiger partial charge in [0.05, 0.1) is 27.7 Å². The predicted molar refractivity (Wildman–Crippen MR) is 121 cm³/mol. The van der Waals surface area contributed by atoms with Gasteiger partial charge in [-0.2, -0.15) is 0 Å². The van der Waals surface area contributed by atoms with Crippen LogP contribution in [-0.4, -0.2) is 14.5 Å². The molecule has 6 rings (SSSR count). The Kier molecular flexibility index (Phi) is 3.74. The van der Waals surface area contributed by atoms with Crippen LogP contribution in [0.2, 0.25) is 0 Å². The molecular formula is C26H18FN3O. The Morgan fingerprint density at radius 2 is 1.65 bits per heavy atom. The Hall–Kier alpha value is -3.99. The van der Waals surface area contributed by atoms with E-state index >= 15 is 0 Å². The second-order valence-electron chi connectivity index (χ2n) is 7.72. The predicted octanol–water partition coefficient (Wildman–Crippen LogP) is 6.74. The van der Waals surface area contributed by atoms with Crippen LogP contribution in [0.5, 0.6) is 0 Å². The van der Waals surface area contributed by atoms with Crippen LogP contribution >= 0.6 is 0 Å². The molecule has 0 radical (unpaired) electrons. The van der Waals surface area contributed by atoms with Crippen molar-refractivity contribution < 1.29 is 8.81 Å². The third-order valence-electron chi connectivity index (χ3n) is 5.67. The van der Waals surface area contributed by atoms with Crippen molar-refractivity contribution in [2.45, 2.75) is 13.8 Å². The maximum absolute atomic E-state index is 14.9. The zero-order chi connectivity index (χ0) is 21.1. The molecule has 0 saturated carbocycles. The number of halogens is 1. The number of para-hydroxylation sites is 2. The van der Waals surface area contributed by atoms with Crippen molar-refractivity contribution in [2.24, 2.45) is 0 Å². The van der Waals surface area contributed by atoms with Crippen LogP contribution < -0.4 is 0 Å². The SMILES string of the molecule is Cc1cc2nc(-c3ccc(F)c4c3oc3ccccc34)n(-c3ccccc3)c2c(C)n1. The van der Waals surface area contributed by atoms with Crippen molar-refractivity contribution in [1.82, 2.24) is 14.5 Å². The molecule has 4 nitrogen and oxygen atoms in total. The molecular weight excluding hydrogens is 389 g/mol. The van der Waals surface area contributed by atoms with Crippen LogP contribution in [0.15, 0.2) is 77.2 Å². The summed E-state index contributed by atoms with van der Waals surface area (Å²) in [6, 6.07) is 22.7. The van der Waals surface area contributed by atoms with E-state index in [0.29, 0.717) is 22.4 Å². The molecule has 0 N–H and O–H groups in total. The molecule has 0 unspecified atom stereocenters. The molecule has 3 heterocycles. The summed E-state index contributed by atoms with van der Waals surface area (Å²) in [4.78, 5) is 9.63. The lowest BCUT2D eigenvalue weighted by Crippen LogP contribution is -2.00. The fourth-order valence-electron chi connectivity index (χ4n) is 4.41. The molecule has 150 valence electrons. The third-order valence-corrected chi connectivity index (χ3v) is 5.67. The quantitative estimate of drug-likeness (QED) is 0.319. The minimum atomic E-state index is -0.306. The van der Waals surface area contributed by atoms with E-state index in [0.717, 1.165) is 39.1 Å². The number of furan rings is 1. The summed E-state index contributed by atoms with van der Waals surface area (Å²) in [5, 5.41) is 1.23. The zero-order valence-corrected chi connectivity index (χ0v) is 17.1. The third kappa shape index (κ3) is 2.60. The lowest BCUT2D eigenvalue weighted by atomic mass is 10.1. The first-order chi connectivity index (χ1) is 15.1. The number of aryl methyl sites for hydroxylation is 2. The van der Waals surface area contributed by atoms with Gasteiger partial charge in [-0.3, -0.25) is 9.55 Å². The van der Waals surface area contributed by atoms with E-state index in [-0.39, 0.29) is 5.82 Å². The van der Waals surface area contributed by atoms with Crippen LogP contribution in [0, 0.1) is 19.7 Å². The second-order valence-corrected chi connectivity index (χ2v) is 7.72. The average molecular weight is 407 g/mol. The number of aromatic nitrogens is 3. The molecule has 3 aromatic heterocycles. The molecule has 0 spiro atoms. The average Bonchev–Trinajstić information content (AvgIpc) is 3.34. The van der Waals surface area contributed by atoms with Gasteiger partial charge in [-0.15, -0.1) is 0 Å². The largest absolute Gasteiger partial charge is 0.455 e. The fourth-order valence-corrected chi connectivity index (χ4v) is 4.41. The van der Waals surface area contributed by atoms with Crippen molar-refractivity contribution in [3.8, 4) is 17.1 Å². The van der Waals surface area contributed by atoms with Gasteiger partial charge in [-0.25, -0.2) is 9.37 Å². The molecule has 0 amide bonds. The molecule has 0 atom stereocenters. The van der Waals surface area contributed by atoms with Gasteiger partial charge in [0, 0.05) is 16.8 Å². The number of fused-ring (bicyclic) bond motifs is 4. The van der Waals surface area contributed by atoms with E-state index in [1.54, 1.807) is 6.07 Å². The Bertz CT molecular complexity index is 1610. The van der Waals surface area contributed by atoms with Gasteiger partial charge < -0.3 is 4.42 Å². The van der Waals surface area contributed by atoms with Gasteiger partial charge in [0.1, 0.15) is 22.8 Å². The molecule has 0 fully saturated rings. The van der Waals surface area contributed by atoms with Crippen LogP contribution in [-0.2, 0) is 0 Å². The number of imidazole rings is 1. The lowest BCUT2D eigenvalue weighted by molar-refractivity contribution is 0.634. The number of pyridine rings is 1. The molecule has 5 heteroatoms. The number of hydrogen-bond acceptors (Lipinski definition) is 3. The smallest absolute Gasteiger partial charge is 0.149 e. The van der Waals surface area contributed by atoms with Crippen LogP contribution in [0.3, 0.4) is 0 Å². The first kappa shape index (κ1) is 17.8. The molecule has 0 bridgehead atoms. The minimum Gasteiger partial charge on any atom is -0.455 e. The van der Waals surface area contributed by atoms with E-state index < -0.39 is 0 Å². The Labute approximate surface area is 177 Å². The summed E-state index contributed by atoms with van der Waals surface area (Å²) in [5.74, 6) is 0.389.